The summed E-state index contributed by atoms with van der Waals surface area (Å²) in [4.78, 5) is 5.80. The molecule has 0 fully saturated rings. The molecule has 3 heteroatoms. The Morgan fingerprint density at radius 3 is 2.18 bits per heavy atom. The van der Waals surface area contributed by atoms with Crippen molar-refractivity contribution in [3.63, 3.8) is 0 Å². The summed E-state index contributed by atoms with van der Waals surface area (Å²) in [5, 5.41) is 4.49. The summed E-state index contributed by atoms with van der Waals surface area (Å²) < 4.78 is 5.98. The molecule has 0 spiro atoms. The van der Waals surface area contributed by atoms with Crippen LogP contribution in [0.5, 0.6) is 5.75 Å². The number of fused-ring (bicyclic) bond motifs is 1. The van der Waals surface area contributed by atoms with E-state index < -0.39 is 0 Å². The minimum Gasteiger partial charge on any atom is -0.439 e. The van der Waals surface area contributed by atoms with Gasteiger partial charge in [-0.25, -0.2) is 4.99 Å². The van der Waals surface area contributed by atoms with E-state index in [2.05, 4.69) is 47.5 Å². The maximum atomic E-state index is 5.98. The predicted molar refractivity (Wildman–Crippen MR) is 120 cm³/mol. The fourth-order valence-corrected chi connectivity index (χ4v) is 3.43. The molecule has 136 valence electrons. The van der Waals surface area contributed by atoms with Crippen LogP contribution < -0.4 is 4.74 Å². The average Bonchev–Trinajstić information content (AvgIpc) is 2.75. The molecule has 0 saturated heterocycles. The maximum Gasteiger partial charge on any atom is 0.220 e. The largest absolute Gasteiger partial charge is 0.439 e. The van der Waals surface area contributed by atoms with Gasteiger partial charge in [-0.05, 0) is 52.6 Å². The fourth-order valence-electron chi connectivity index (χ4n) is 2.74. The van der Waals surface area contributed by atoms with Crippen molar-refractivity contribution in [2.24, 2.45) is 4.99 Å². The van der Waals surface area contributed by atoms with Crippen LogP contribution in [0, 0.1) is 0 Å². The average molecular weight is 382 g/mol. The second-order valence-corrected chi connectivity index (χ2v) is 7.11. The van der Waals surface area contributed by atoms with E-state index in [-0.39, 0.29) is 0 Å². The Hall–Kier alpha value is -3.30. The van der Waals surface area contributed by atoms with Crippen LogP contribution in [0.15, 0.2) is 125 Å². The van der Waals surface area contributed by atoms with Crippen molar-refractivity contribution in [3.05, 3.63) is 115 Å². The molecule has 0 unspecified atom stereocenters. The van der Waals surface area contributed by atoms with E-state index in [9.17, 15) is 0 Å². The molecule has 4 aromatic rings. The van der Waals surface area contributed by atoms with Gasteiger partial charge in [0.1, 0.15) is 5.75 Å². The van der Waals surface area contributed by atoms with Gasteiger partial charge in [-0.2, -0.15) is 0 Å². The topological polar surface area (TPSA) is 21.6 Å². The van der Waals surface area contributed by atoms with Crippen LogP contribution in [0.2, 0.25) is 0 Å². The Morgan fingerprint density at radius 1 is 0.714 bits per heavy atom. The zero-order chi connectivity index (χ0) is 19.0. The lowest BCUT2D eigenvalue weighted by Gasteiger charge is -2.06. The van der Waals surface area contributed by atoms with E-state index >= 15 is 0 Å². The number of benzene rings is 4. The van der Waals surface area contributed by atoms with Crippen LogP contribution in [0.1, 0.15) is 0 Å². The molecule has 0 N–H and O–H groups in total. The van der Waals surface area contributed by atoms with E-state index in [0.717, 1.165) is 11.4 Å². The van der Waals surface area contributed by atoms with Gasteiger partial charge in [-0.3, -0.25) is 0 Å². The minimum absolute atomic E-state index is 0.547. The molecule has 0 heterocycles. The number of hydrogen-bond acceptors (Lipinski definition) is 3. The summed E-state index contributed by atoms with van der Waals surface area (Å²) in [6, 6.07) is 34.4. The lowest BCUT2D eigenvalue weighted by Crippen LogP contribution is -2.04. The quantitative estimate of drug-likeness (QED) is 0.206. The molecular weight excluding hydrogens is 362 g/mol. The third-order valence-electron chi connectivity index (χ3n) is 4.10. The molecule has 0 saturated carbocycles. The van der Waals surface area contributed by atoms with E-state index in [0.29, 0.717) is 5.90 Å². The van der Waals surface area contributed by atoms with E-state index in [1.807, 2.05) is 72.1 Å². The molecule has 0 bridgehead atoms. The summed E-state index contributed by atoms with van der Waals surface area (Å²) in [5.41, 5.74) is 0.855. The Morgan fingerprint density at radius 2 is 1.39 bits per heavy atom. The first-order valence-electron chi connectivity index (χ1n) is 9.05. The van der Waals surface area contributed by atoms with Gasteiger partial charge >= 0.3 is 0 Å². The number of para-hydroxylation sites is 2. The smallest absolute Gasteiger partial charge is 0.220 e. The monoisotopic (exact) mass is 381 g/mol. The zero-order valence-corrected chi connectivity index (χ0v) is 16.0. The van der Waals surface area contributed by atoms with Gasteiger partial charge in [0.05, 0.1) is 5.69 Å². The molecule has 0 aromatic heterocycles. The van der Waals surface area contributed by atoms with Crippen molar-refractivity contribution in [2.45, 2.75) is 4.90 Å². The molecule has 0 radical (unpaired) electrons. The van der Waals surface area contributed by atoms with E-state index in [4.69, 9.17) is 4.74 Å². The van der Waals surface area contributed by atoms with Gasteiger partial charge in [-0.15, -0.1) is 0 Å². The van der Waals surface area contributed by atoms with Gasteiger partial charge in [0.2, 0.25) is 5.90 Å². The van der Waals surface area contributed by atoms with Crippen LogP contribution in [0.4, 0.5) is 5.69 Å². The Balaban J connectivity index is 1.54. The van der Waals surface area contributed by atoms with Gasteiger partial charge in [0.25, 0.3) is 0 Å². The Kier molecular flexibility index (Phi) is 5.86. The van der Waals surface area contributed by atoms with Crippen molar-refractivity contribution in [2.75, 3.05) is 0 Å². The highest BCUT2D eigenvalue weighted by Gasteiger charge is 2.01. The Bertz CT molecular complexity index is 1100. The maximum absolute atomic E-state index is 5.98. The fraction of sp³-hybridized carbons (Fsp3) is 0. The highest BCUT2D eigenvalue weighted by molar-refractivity contribution is 8.02. The predicted octanol–water partition coefficient (Wildman–Crippen LogP) is 7.25. The summed E-state index contributed by atoms with van der Waals surface area (Å²) in [6.07, 6.45) is 1.90. The normalized spacial score (nSPS) is 11.8. The second kappa shape index (κ2) is 9.07. The molecule has 4 rings (SSSR count). The van der Waals surface area contributed by atoms with Crippen molar-refractivity contribution in [1.82, 2.24) is 0 Å². The third-order valence-corrected chi connectivity index (χ3v) is 4.90. The highest BCUT2D eigenvalue weighted by Crippen LogP contribution is 2.24. The van der Waals surface area contributed by atoms with Crippen molar-refractivity contribution in [1.29, 1.82) is 0 Å². The molecule has 28 heavy (non-hydrogen) atoms. The molecular formula is C25H19NOS. The van der Waals surface area contributed by atoms with Crippen LogP contribution in [-0.4, -0.2) is 5.90 Å². The minimum atomic E-state index is 0.547. The number of hydrogen-bond donors (Lipinski definition) is 0. The van der Waals surface area contributed by atoms with Gasteiger partial charge < -0.3 is 4.74 Å². The standard InChI is InChI=1S/C25H19NOS/c1-3-11-22(12-4-1)26-25(27-23-13-5-2-6-14-23)17-18-28-24-16-15-20-9-7-8-10-21(20)19-24/h1-19H/b18-17+,26-25-. The number of thioether (sulfide) groups is 1. The molecule has 2 nitrogen and oxygen atoms in total. The van der Waals surface area contributed by atoms with Crippen LogP contribution in [0.3, 0.4) is 0 Å². The first kappa shape index (κ1) is 18.1. The van der Waals surface area contributed by atoms with Crippen molar-refractivity contribution < 1.29 is 4.74 Å². The number of aliphatic imine (C=N–C) groups is 1. The highest BCUT2D eigenvalue weighted by atomic mass is 32.2. The van der Waals surface area contributed by atoms with Gasteiger partial charge in [0, 0.05) is 11.0 Å². The molecule has 0 aliphatic heterocycles. The molecule has 0 aliphatic rings. The zero-order valence-electron chi connectivity index (χ0n) is 15.2. The summed E-state index contributed by atoms with van der Waals surface area (Å²) >= 11 is 1.64. The van der Waals surface area contributed by atoms with Crippen LogP contribution >= 0.6 is 11.8 Å². The SMILES string of the molecule is C(=C\C(=N\c1ccccc1)Oc1ccccc1)/Sc1ccc2ccccc2c1. The first-order chi connectivity index (χ1) is 13.9. The summed E-state index contributed by atoms with van der Waals surface area (Å²) in [5.74, 6) is 1.31. The summed E-state index contributed by atoms with van der Waals surface area (Å²) in [6.45, 7) is 0. The van der Waals surface area contributed by atoms with Crippen molar-refractivity contribution >= 4 is 34.1 Å². The molecule has 0 atom stereocenters. The first-order valence-corrected chi connectivity index (χ1v) is 9.93. The lowest BCUT2D eigenvalue weighted by molar-refractivity contribution is 0.556. The number of rotatable bonds is 5. The van der Waals surface area contributed by atoms with Crippen LogP contribution in [0.25, 0.3) is 10.8 Å². The van der Waals surface area contributed by atoms with Gasteiger partial charge in [-0.1, -0.05) is 78.5 Å². The molecule has 4 aromatic carbocycles. The molecule has 0 amide bonds. The van der Waals surface area contributed by atoms with Crippen LogP contribution in [-0.2, 0) is 0 Å². The van der Waals surface area contributed by atoms with Crippen molar-refractivity contribution in [3.8, 4) is 5.75 Å². The van der Waals surface area contributed by atoms with E-state index in [1.54, 1.807) is 11.8 Å². The summed E-state index contributed by atoms with van der Waals surface area (Å²) in [7, 11) is 0. The Labute approximate surface area is 169 Å². The lowest BCUT2D eigenvalue weighted by atomic mass is 10.1. The van der Waals surface area contributed by atoms with E-state index in [1.165, 1.54) is 15.7 Å². The number of ether oxygens (including phenoxy) is 1. The molecule has 0 aliphatic carbocycles. The second-order valence-electron chi connectivity index (χ2n) is 6.13. The number of nitrogens with zero attached hydrogens (tertiary/aromatic N) is 1. The third kappa shape index (κ3) is 4.90. The van der Waals surface area contributed by atoms with Gasteiger partial charge in [0.15, 0.2) is 0 Å².